The van der Waals surface area contributed by atoms with Crippen LogP contribution in [-0.2, 0) is 4.79 Å². The predicted octanol–water partition coefficient (Wildman–Crippen LogP) is -0.655. The molecular formula is C21H26FN5O6. The van der Waals surface area contributed by atoms with Crippen molar-refractivity contribution in [2.75, 3.05) is 23.8 Å². The number of halogens is 1. The monoisotopic (exact) mass is 463 g/mol. The molecule has 2 heterocycles. The van der Waals surface area contributed by atoms with Gasteiger partial charge in [-0.05, 0) is 18.6 Å². The van der Waals surface area contributed by atoms with Crippen molar-refractivity contribution >= 4 is 23.4 Å². The topological polar surface area (TPSA) is 183 Å². The Morgan fingerprint density at radius 2 is 2.15 bits per heavy atom. The van der Waals surface area contributed by atoms with Crippen molar-refractivity contribution in [3.63, 3.8) is 0 Å². The fraction of sp³-hybridized carbons (Fsp3) is 0.476. The molecule has 8 N–H and O–H groups in total. The van der Waals surface area contributed by atoms with E-state index in [9.17, 15) is 29.6 Å². The van der Waals surface area contributed by atoms with Gasteiger partial charge in [-0.1, -0.05) is 6.07 Å². The van der Waals surface area contributed by atoms with Crippen molar-refractivity contribution in [1.29, 1.82) is 0 Å². The summed E-state index contributed by atoms with van der Waals surface area (Å²) < 4.78 is 20.2. The molecule has 2 aromatic rings. The Bertz CT molecular complexity index is 1010. The molecule has 1 saturated carbocycles. The summed E-state index contributed by atoms with van der Waals surface area (Å²) in [5, 5.41) is 47.1. The Labute approximate surface area is 188 Å². The number of aliphatic hydroxyl groups is 4. The Morgan fingerprint density at radius 1 is 1.36 bits per heavy atom. The van der Waals surface area contributed by atoms with Crippen LogP contribution in [0.1, 0.15) is 6.42 Å². The van der Waals surface area contributed by atoms with Crippen LogP contribution in [-0.4, -0.2) is 73.9 Å². The normalized spacial score (nSPS) is 30.1. The number of hydrogen-bond donors (Lipinski definition) is 7. The lowest BCUT2D eigenvalue weighted by atomic mass is 9.87. The summed E-state index contributed by atoms with van der Waals surface area (Å²) in [6.45, 7) is -0.903. The van der Waals surface area contributed by atoms with Crippen LogP contribution in [0, 0.1) is 23.6 Å². The minimum atomic E-state index is -1.42. The van der Waals surface area contributed by atoms with Gasteiger partial charge in [-0.3, -0.25) is 4.79 Å². The third kappa shape index (κ3) is 4.69. The van der Waals surface area contributed by atoms with Crippen LogP contribution in [0.4, 0.5) is 21.8 Å². The number of benzene rings is 1. The molecule has 4 rings (SSSR count). The zero-order valence-corrected chi connectivity index (χ0v) is 17.5. The van der Waals surface area contributed by atoms with Crippen molar-refractivity contribution in [3.8, 4) is 5.75 Å². The second-order valence-corrected chi connectivity index (χ2v) is 8.32. The molecule has 1 aliphatic heterocycles. The number of carbonyl (C=O) groups excluding carboxylic acids is 1. The molecule has 178 valence electrons. The lowest BCUT2D eigenvalue weighted by Crippen LogP contribution is -2.47. The van der Waals surface area contributed by atoms with Crippen LogP contribution in [0.5, 0.6) is 5.75 Å². The fourth-order valence-electron chi connectivity index (χ4n) is 4.65. The number of amides is 1. The highest BCUT2D eigenvalue weighted by atomic mass is 19.1. The standard InChI is InChI=1S/C21H26FN5O6/c22-13-6-24-21-25-9-2-1-3-10(4-9)33-8-15(30)18(31)12-5-11(14(29)7-28)16(19(23)32)17(12)26-20(13)27-21/h1-4,6,11-12,14-18,28-31H,5,7-8H2,(H2,23,32)(H2,24,25,26,27)/t11?,12?,14-,15-,16-,17+,18?/m0/s1. The molecule has 12 heteroatoms. The van der Waals surface area contributed by atoms with Gasteiger partial charge in [0.25, 0.3) is 0 Å². The lowest BCUT2D eigenvalue weighted by Gasteiger charge is -2.31. The molecule has 1 aromatic heterocycles. The Balaban J connectivity index is 1.78. The molecule has 0 radical (unpaired) electrons. The van der Waals surface area contributed by atoms with Crippen LogP contribution in [0.25, 0.3) is 0 Å². The molecule has 0 spiro atoms. The van der Waals surface area contributed by atoms with Crippen LogP contribution in [0.3, 0.4) is 0 Å². The van der Waals surface area contributed by atoms with E-state index >= 15 is 0 Å². The van der Waals surface area contributed by atoms with E-state index in [-0.39, 0.29) is 24.8 Å². The smallest absolute Gasteiger partial charge is 0.229 e. The number of nitrogens with one attached hydrogen (secondary N) is 2. The number of hydrogen-bond acceptors (Lipinski definition) is 10. The van der Waals surface area contributed by atoms with Crippen molar-refractivity contribution in [3.05, 3.63) is 36.3 Å². The second kappa shape index (κ2) is 9.43. The summed E-state index contributed by atoms with van der Waals surface area (Å²) in [5.41, 5.74) is 6.15. The quantitative estimate of drug-likeness (QED) is 0.309. The molecule has 4 bridgehead atoms. The summed E-state index contributed by atoms with van der Waals surface area (Å²) in [7, 11) is 0. The third-order valence-corrected chi connectivity index (χ3v) is 6.25. The van der Waals surface area contributed by atoms with E-state index in [1.807, 2.05) is 0 Å². The van der Waals surface area contributed by atoms with E-state index in [4.69, 9.17) is 10.5 Å². The largest absolute Gasteiger partial charge is 0.491 e. The molecule has 1 aromatic carbocycles. The highest BCUT2D eigenvalue weighted by molar-refractivity contribution is 5.79. The lowest BCUT2D eigenvalue weighted by molar-refractivity contribution is -0.125. The van der Waals surface area contributed by atoms with E-state index in [1.165, 1.54) is 0 Å². The first-order valence-electron chi connectivity index (χ1n) is 10.5. The molecule has 1 fully saturated rings. The van der Waals surface area contributed by atoms with Gasteiger partial charge in [0.05, 0.1) is 30.9 Å². The first-order valence-corrected chi connectivity index (χ1v) is 10.5. The SMILES string of the molecule is NC(=O)[C@H]1C([C@@H](O)CO)CC2C(O)[C@@H](O)COc3cccc(c3)Nc3ncc(F)c(n3)N[C@H]21. The fourth-order valence-corrected chi connectivity index (χ4v) is 4.65. The average Bonchev–Trinajstić information content (AvgIpc) is 3.17. The maximum Gasteiger partial charge on any atom is 0.229 e. The average molecular weight is 463 g/mol. The van der Waals surface area contributed by atoms with E-state index in [2.05, 4.69) is 20.6 Å². The molecular weight excluding hydrogens is 437 g/mol. The van der Waals surface area contributed by atoms with Crippen LogP contribution in [0.15, 0.2) is 30.5 Å². The van der Waals surface area contributed by atoms with E-state index in [0.29, 0.717) is 11.4 Å². The third-order valence-electron chi connectivity index (χ3n) is 6.25. The molecule has 2 aliphatic rings. The van der Waals surface area contributed by atoms with E-state index in [1.54, 1.807) is 24.3 Å². The minimum absolute atomic E-state index is 0.0263. The summed E-state index contributed by atoms with van der Waals surface area (Å²) in [6, 6.07) is 5.68. The highest BCUT2D eigenvalue weighted by Gasteiger charge is 2.52. The molecule has 1 aliphatic carbocycles. The molecule has 7 atom stereocenters. The number of rotatable bonds is 3. The van der Waals surface area contributed by atoms with Gasteiger partial charge in [-0.2, -0.15) is 4.98 Å². The van der Waals surface area contributed by atoms with Crippen LogP contribution < -0.4 is 21.1 Å². The Hall–Kier alpha value is -3.06. The molecule has 0 saturated heterocycles. The Kier molecular flexibility index (Phi) is 6.61. The van der Waals surface area contributed by atoms with Gasteiger partial charge in [0.1, 0.15) is 18.5 Å². The number of nitrogens with two attached hydrogens (primary N) is 1. The highest BCUT2D eigenvalue weighted by Crippen LogP contribution is 2.43. The van der Waals surface area contributed by atoms with Crippen molar-refractivity contribution < 1.29 is 34.3 Å². The number of fused-ring (bicyclic) bond motifs is 5. The summed E-state index contributed by atoms with van der Waals surface area (Å²) in [5.74, 6) is -4.20. The number of nitrogens with zero attached hydrogens (tertiary/aromatic N) is 2. The maximum absolute atomic E-state index is 14.6. The van der Waals surface area contributed by atoms with Gasteiger partial charge in [0, 0.05) is 29.6 Å². The van der Waals surface area contributed by atoms with Crippen molar-refractivity contribution in [2.24, 2.45) is 23.5 Å². The predicted molar refractivity (Wildman–Crippen MR) is 114 cm³/mol. The van der Waals surface area contributed by atoms with Crippen LogP contribution >= 0.6 is 0 Å². The van der Waals surface area contributed by atoms with Gasteiger partial charge in [0.15, 0.2) is 11.6 Å². The second-order valence-electron chi connectivity index (χ2n) is 8.32. The Morgan fingerprint density at radius 3 is 2.88 bits per heavy atom. The summed E-state index contributed by atoms with van der Waals surface area (Å²) >= 11 is 0. The van der Waals surface area contributed by atoms with Gasteiger partial charge in [-0.25, -0.2) is 9.37 Å². The van der Waals surface area contributed by atoms with Gasteiger partial charge in [-0.15, -0.1) is 0 Å². The molecule has 3 unspecified atom stereocenters. The molecule has 33 heavy (non-hydrogen) atoms. The number of aromatic nitrogens is 2. The maximum atomic E-state index is 14.6. The zero-order valence-electron chi connectivity index (χ0n) is 17.5. The molecule has 1 amide bonds. The van der Waals surface area contributed by atoms with Crippen molar-refractivity contribution in [2.45, 2.75) is 30.8 Å². The number of aliphatic hydroxyl groups excluding tert-OH is 4. The van der Waals surface area contributed by atoms with Crippen molar-refractivity contribution in [1.82, 2.24) is 9.97 Å². The summed E-state index contributed by atoms with van der Waals surface area (Å²) in [4.78, 5) is 20.4. The minimum Gasteiger partial charge on any atom is -0.491 e. The number of primary amides is 1. The first kappa shape index (κ1) is 23.1. The summed E-state index contributed by atoms with van der Waals surface area (Å²) in [6.07, 6.45) is -3.14. The van der Waals surface area contributed by atoms with Gasteiger partial charge < -0.3 is 41.5 Å². The van der Waals surface area contributed by atoms with E-state index in [0.717, 1.165) is 6.20 Å². The van der Waals surface area contributed by atoms with Crippen LogP contribution in [0.2, 0.25) is 0 Å². The zero-order chi connectivity index (χ0) is 23.7. The number of carbonyl (C=O) groups is 1. The van der Waals surface area contributed by atoms with Gasteiger partial charge in [0.2, 0.25) is 11.9 Å². The molecule has 11 nitrogen and oxygen atoms in total. The van der Waals surface area contributed by atoms with Gasteiger partial charge >= 0.3 is 0 Å². The van der Waals surface area contributed by atoms with E-state index < -0.39 is 60.4 Å². The number of anilines is 3. The first-order chi connectivity index (χ1) is 15.8. The number of ether oxygens (including phenoxy) is 1.